The van der Waals surface area contributed by atoms with Crippen molar-refractivity contribution in [2.24, 2.45) is 0 Å². The predicted molar refractivity (Wildman–Crippen MR) is 79.4 cm³/mol. The van der Waals surface area contributed by atoms with Gasteiger partial charge in [-0.2, -0.15) is 0 Å². The first-order chi connectivity index (χ1) is 9.24. The van der Waals surface area contributed by atoms with Gasteiger partial charge >= 0.3 is 6.03 Å². The summed E-state index contributed by atoms with van der Waals surface area (Å²) < 4.78 is 0. The molecule has 4 nitrogen and oxygen atoms in total. The smallest absolute Gasteiger partial charge is 0.320 e. The molecule has 1 rings (SSSR count). The molecule has 0 aliphatic carbocycles. The number of hydrogen-bond donors (Lipinski definition) is 2. The van der Waals surface area contributed by atoms with Gasteiger partial charge in [-0.3, -0.25) is 5.32 Å². The summed E-state index contributed by atoms with van der Waals surface area (Å²) in [6.45, 7) is 4.87. The number of carbonyl (C=O) groups is 1. The minimum absolute atomic E-state index is 0.171. The molecular weight excluding hydrogens is 238 g/mol. The minimum Gasteiger partial charge on any atom is -0.338 e. The number of unbranched alkanes of at least 4 members (excludes halogenated alkanes) is 5. The van der Waals surface area contributed by atoms with E-state index in [1.54, 1.807) is 6.20 Å². The number of urea groups is 1. The van der Waals surface area contributed by atoms with Crippen LogP contribution in [0.3, 0.4) is 0 Å². The van der Waals surface area contributed by atoms with Crippen LogP contribution in [0.15, 0.2) is 18.3 Å². The molecule has 1 aromatic rings. The van der Waals surface area contributed by atoms with Gasteiger partial charge in [-0.1, -0.05) is 45.1 Å². The first kappa shape index (κ1) is 15.5. The van der Waals surface area contributed by atoms with Gasteiger partial charge in [-0.15, -0.1) is 0 Å². The maximum absolute atomic E-state index is 11.6. The van der Waals surface area contributed by atoms with E-state index in [2.05, 4.69) is 22.5 Å². The zero-order valence-electron chi connectivity index (χ0n) is 12.0. The Labute approximate surface area is 116 Å². The summed E-state index contributed by atoms with van der Waals surface area (Å²) in [6, 6.07) is 3.61. The maximum Gasteiger partial charge on any atom is 0.320 e. The average Bonchev–Trinajstić information content (AvgIpc) is 2.40. The third-order valence-corrected chi connectivity index (χ3v) is 3.06. The molecule has 0 bridgehead atoms. The Morgan fingerprint density at radius 3 is 2.68 bits per heavy atom. The van der Waals surface area contributed by atoms with Crippen LogP contribution in [-0.4, -0.2) is 17.6 Å². The molecule has 1 aromatic heterocycles. The number of amides is 2. The fourth-order valence-electron chi connectivity index (χ4n) is 1.88. The zero-order chi connectivity index (χ0) is 13.9. The monoisotopic (exact) mass is 263 g/mol. The number of aromatic nitrogens is 1. The van der Waals surface area contributed by atoms with E-state index < -0.39 is 0 Å². The van der Waals surface area contributed by atoms with Crippen LogP contribution in [0.2, 0.25) is 0 Å². The second kappa shape index (κ2) is 9.36. The fraction of sp³-hybridized carbons (Fsp3) is 0.600. The Balaban J connectivity index is 2.10. The summed E-state index contributed by atoms with van der Waals surface area (Å²) in [5.41, 5.74) is 0.970. The molecule has 0 aliphatic rings. The van der Waals surface area contributed by atoms with Crippen LogP contribution < -0.4 is 10.6 Å². The first-order valence-electron chi connectivity index (χ1n) is 7.20. The van der Waals surface area contributed by atoms with E-state index in [9.17, 15) is 4.79 Å². The van der Waals surface area contributed by atoms with Crippen LogP contribution in [0.25, 0.3) is 0 Å². The molecule has 0 spiro atoms. The van der Waals surface area contributed by atoms with Gasteiger partial charge in [0.05, 0.1) is 0 Å². The Bertz CT molecular complexity index is 379. The summed E-state index contributed by atoms with van der Waals surface area (Å²) in [5.74, 6) is 0.628. The lowest BCUT2D eigenvalue weighted by Gasteiger charge is -2.08. The molecule has 2 N–H and O–H groups in total. The molecule has 0 saturated heterocycles. The molecule has 19 heavy (non-hydrogen) atoms. The van der Waals surface area contributed by atoms with Crippen molar-refractivity contribution in [1.82, 2.24) is 10.3 Å². The van der Waals surface area contributed by atoms with E-state index in [-0.39, 0.29) is 6.03 Å². The lowest BCUT2D eigenvalue weighted by molar-refractivity contribution is 0.251. The molecule has 0 radical (unpaired) electrons. The Morgan fingerprint density at radius 2 is 1.95 bits per heavy atom. The van der Waals surface area contributed by atoms with Gasteiger partial charge in [0.25, 0.3) is 0 Å². The van der Waals surface area contributed by atoms with Crippen LogP contribution >= 0.6 is 0 Å². The van der Waals surface area contributed by atoms with Gasteiger partial charge in [-0.25, -0.2) is 9.78 Å². The van der Waals surface area contributed by atoms with E-state index in [0.717, 1.165) is 18.5 Å². The lowest BCUT2D eigenvalue weighted by atomic mass is 10.1. The average molecular weight is 263 g/mol. The van der Waals surface area contributed by atoms with Gasteiger partial charge in [0.15, 0.2) is 0 Å². The molecule has 106 valence electrons. The molecule has 2 amide bonds. The van der Waals surface area contributed by atoms with Gasteiger partial charge in [-0.05, 0) is 25.0 Å². The van der Waals surface area contributed by atoms with Crippen LogP contribution in [0.1, 0.15) is 51.0 Å². The van der Waals surface area contributed by atoms with Crippen molar-refractivity contribution < 1.29 is 4.79 Å². The molecule has 0 atom stereocenters. The van der Waals surface area contributed by atoms with E-state index in [4.69, 9.17) is 0 Å². The van der Waals surface area contributed by atoms with Crippen molar-refractivity contribution in [3.63, 3.8) is 0 Å². The second-order valence-corrected chi connectivity index (χ2v) is 4.82. The quantitative estimate of drug-likeness (QED) is 0.699. The number of aryl methyl sites for hydroxylation is 1. The molecule has 0 fully saturated rings. The second-order valence-electron chi connectivity index (χ2n) is 4.82. The van der Waals surface area contributed by atoms with Crippen molar-refractivity contribution in [3.05, 3.63) is 23.9 Å². The number of carbonyl (C=O) groups excluding carboxylic acids is 1. The Kier molecular flexibility index (Phi) is 7.63. The number of anilines is 1. The van der Waals surface area contributed by atoms with Gasteiger partial charge in [0.1, 0.15) is 5.82 Å². The number of rotatable bonds is 8. The van der Waals surface area contributed by atoms with Crippen molar-refractivity contribution >= 4 is 11.8 Å². The van der Waals surface area contributed by atoms with Crippen LogP contribution in [0.5, 0.6) is 0 Å². The molecule has 0 unspecified atom stereocenters. The highest BCUT2D eigenvalue weighted by atomic mass is 16.2. The molecule has 0 aliphatic heterocycles. The normalized spacial score (nSPS) is 10.2. The highest BCUT2D eigenvalue weighted by Gasteiger charge is 2.03. The Hall–Kier alpha value is -1.58. The predicted octanol–water partition coefficient (Wildman–Crippen LogP) is 3.87. The zero-order valence-corrected chi connectivity index (χ0v) is 12.0. The van der Waals surface area contributed by atoms with Gasteiger partial charge in [0.2, 0.25) is 0 Å². The van der Waals surface area contributed by atoms with Crippen LogP contribution in [-0.2, 0) is 0 Å². The van der Waals surface area contributed by atoms with Crippen molar-refractivity contribution in [2.45, 2.75) is 52.4 Å². The molecule has 0 saturated carbocycles. The first-order valence-corrected chi connectivity index (χ1v) is 7.20. The number of pyridine rings is 1. The van der Waals surface area contributed by atoms with Crippen molar-refractivity contribution in [3.8, 4) is 0 Å². The van der Waals surface area contributed by atoms with E-state index in [1.165, 1.54) is 32.1 Å². The van der Waals surface area contributed by atoms with Crippen molar-refractivity contribution in [1.29, 1.82) is 0 Å². The van der Waals surface area contributed by atoms with Crippen LogP contribution in [0.4, 0.5) is 10.6 Å². The van der Waals surface area contributed by atoms with E-state index >= 15 is 0 Å². The molecule has 1 heterocycles. The largest absolute Gasteiger partial charge is 0.338 e. The van der Waals surface area contributed by atoms with Crippen molar-refractivity contribution in [2.75, 3.05) is 11.9 Å². The summed E-state index contributed by atoms with van der Waals surface area (Å²) in [6.07, 6.45) is 9.04. The highest BCUT2D eigenvalue weighted by Crippen LogP contribution is 2.08. The summed E-state index contributed by atoms with van der Waals surface area (Å²) in [7, 11) is 0. The summed E-state index contributed by atoms with van der Waals surface area (Å²) in [5, 5.41) is 5.62. The van der Waals surface area contributed by atoms with Crippen LogP contribution in [0, 0.1) is 6.92 Å². The minimum atomic E-state index is -0.171. The number of hydrogen-bond acceptors (Lipinski definition) is 2. The number of nitrogens with zero attached hydrogens (tertiary/aromatic N) is 1. The molecule has 0 aromatic carbocycles. The summed E-state index contributed by atoms with van der Waals surface area (Å²) in [4.78, 5) is 15.8. The molecular formula is C15H25N3O. The van der Waals surface area contributed by atoms with E-state index in [1.807, 2.05) is 19.1 Å². The van der Waals surface area contributed by atoms with Gasteiger partial charge in [0, 0.05) is 12.7 Å². The maximum atomic E-state index is 11.6. The highest BCUT2D eigenvalue weighted by molar-refractivity contribution is 5.88. The summed E-state index contributed by atoms with van der Waals surface area (Å²) >= 11 is 0. The fourth-order valence-corrected chi connectivity index (χ4v) is 1.88. The third kappa shape index (κ3) is 6.79. The Morgan fingerprint density at radius 1 is 1.21 bits per heavy atom. The van der Waals surface area contributed by atoms with Gasteiger partial charge < -0.3 is 5.32 Å². The standard InChI is InChI=1S/C15H25N3O/c1-3-4-5-6-7-8-11-17-15(19)18-14-13(2)10-9-12-16-14/h9-10,12H,3-8,11H2,1-2H3,(H2,16,17,18,19). The topological polar surface area (TPSA) is 54.0 Å². The third-order valence-electron chi connectivity index (χ3n) is 3.06. The number of nitrogens with one attached hydrogen (secondary N) is 2. The lowest BCUT2D eigenvalue weighted by Crippen LogP contribution is -2.30. The van der Waals surface area contributed by atoms with E-state index in [0.29, 0.717) is 5.82 Å². The molecule has 4 heteroatoms. The SMILES string of the molecule is CCCCCCCCNC(=O)Nc1ncccc1C.